The number of rotatable bonds is 6. The molecule has 2 N–H and O–H groups in total. The highest BCUT2D eigenvalue weighted by Gasteiger charge is 2.43. The van der Waals surface area contributed by atoms with Gasteiger partial charge < -0.3 is 15.5 Å². The van der Waals surface area contributed by atoms with Crippen molar-refractivity contribution in [1.29, 1.82) is 0 Å². The number of fused-ring (bicyclic) bond motifs is 1. The summed E-state index contributed by atoms with van der Waals surface area (Å²) >= 11 is 0. The van der Waals surface area contributed by atoms with E-state index in [1.807, 2.05) is 55.5 Å². The highest BCUT2D eigenvalue weighted by Crippen LogP contribution is 2.47. The Morgan fingerprint density at radius 2 is 1.74 bits per heavy atom. The van der Waals surface area contributed by atoms with E-state index >= 15 is 0 Å². The Kier molecular flexibility index (Phi) is 7.59. The molecule has 0 bridgehead atoms. The SMILES string of the molecule is Cc1cc(C)n(-c2cccc(-c3ccc(CNC(=O)C4CC4c4ccccc4)c4c3CCN(C(=O)NC(C)(C)C)C4)c2)n1. The Morgan fingerprint density at radius 3 is 2.47 bits per heavy atom. The van der Waals surface area contributed by atoms with Crippen LogP contribution in [0.15, 0.2) is 72.8 Å². The largest absolute Gasteiger partial charge is 0.352 e. The molecule has 2 unspecified atom stereocenters. The summed E-state index contributed by atoms with van der Waals surface area (Å²) in [6.07, 6.45) is 1.63. The minimum Gasteiger partial charge on any atom is -0.352 e. The molecule has 2 atom stereocenters. The van der Waals surface area contributed by atoms with Crippen LogP contribution in [0.1, 0.15) is 66.8 Å². The number of carbonyl (C=O) groups excluding carboxylic acids is 2. The summed E-state index contributed by atoms with van der Waals surface area (Å²) in [7, 11) is 0. The van der Waals surface area contributed by atoms with E-state index in [9.17, 15) is 9.59 Å². The molecule has 0 radical (unpaired) electrons. The second-order valence-corrected chi connectivity index (χ2v) is 13.0. The smallest absolute Gasteiger partial charge is 0.318 e. The minimum absolute atomic E-state index is 0.0173. The van der Waals surface area contributed by atoms with Crippen molar-refractivity contribution in [3.63, 3.8) is 0 Å². The minimum atomic E-state index is -0.320. The summed E-state index contributed by atoms with van der Waals surface area (Å²) in [6, 6.07) is 25.1. The van der Waals surface area contributed by atoms with Crippen LogP contribution in [-0.2, 0) is 24.3 Å². The summed E-state index contributed by atoms with van der Waals surface area (Å²) in [5, 5.41) is 11.0. The summed E-state index contributed by atoms with van der Waals surface area (Å²) in [5.74, 6) is 0.412. The van der Waals surface area contributed by atoms with Gasteiger partial charge in [0.25, 0.3) is 0 Å². The van der Waals surface area contributed by atoms with Crippen LogP contribution in [0.4, 0.5) is 4.79 Å². The van der Waals surface area contributed by atoms with E-state index in [-0.39, 0.29) is 23.4 Å². The lowest BCUT2D eigenvalue weighted by molar-refractivity contribution is -0.122. The summed E-state index contributed by atoms with van der Waals surface area (Å²) in [4.78, 5) is 28.2. The Labute approximate surface area is 254 Å². The fourth-order valence-electron chi connectivity index (χ4n) is 6.31. The molecule has 0 saturated heterocycles. The molecule has 0 spiro atoms. The first-order valence-corrected chi connectivity index (χ1v) is 15.2. The van der Waals surface area contributed by atoms with E-state index in [0.29, 0.717) is 25.6 Å². The van der Waals surface area contributed by atoms with Crippen LogP contribution in [0.5, 0.6) is 0 Å². The molecule has 3 aromatic carbocycles. The maximum absolute atomic E-state index is 13.2. The number of hydrogen-bond acceptors (Lipinski definition) is 3. The standard InChI is InChI=1S/C36H41N5O2/c1-23-18-24(2)41(39-23)28-13-9-12-26(19-28)29-15-14-27(21-37-34(42)32-20-31(32)25-10-7-6-8-11-25)33-22-40(17-16-30(29)33)35(43)38-36(3,4)5/h6-15,18-19,31-32H,16-17,20-22H2,1-5H3,(H,37,42)(H,38,43). The zero-order valence-electron chi connectivity index (χ0n) is 25.8. The molecular weight excluding hydrogens is 534 g/mol. The van der Waals surface area contributed by atoms with Crippen molar-refractivity contribution in [2.75, 3.05) is 6.54 Å². The number of amides is 3. The van der Waals surface area contributed by atoms with E-state index in [2.05, 4.69) is 77.3 Å². The zero-order chi connectivity index (χ0) is 30.3. The predicted molar refractivity (Wildman–Crippen MR) is 170 cm³/mol. The van der Waals surface area contributed by atoms with E-state index in [4.69, 9.17) is 0 Å². The van der Waals surface area contributed by atoms with Gasteiger partial charge >= 0.3 is 6.03 Å². The molecule has 1 aromatic heterocycles. The Balaban J connectivity index is 1.28. The number of aryl methyl sites for hydroxylation is 2. The second kappa shape index (κ2) is 11.4. The molecule has 7 heteroatoms. The van der Waals surface area contributed by atoms with Crippen LogP contribution in [-0.4, -0.2) is 38.7 Å². The van der Waals surface area contributed by atoms with Gasteiger partial charge in [0.05, 0.1) is 11.4 Å². The molecule has 3 amide bonds. The number of aromatic nitrogens is 2. The van der Waals surface area contributed by atoms with Crippen LogP contribution in [0, 0.1) is 19.8 Å². The molecule has 1 fully saturated rings. The molecule has 7 nitrogen and oxygen atoms in total. The topological polar surface area (TPSA) is 79.3 Å². The molecule has 222 valence electrons. The van der Waals surface area contributed by atoms with Crippen molar-refractivity contribution in [2.24, 2.45) is 5.92 Å². The number of hydrogen-bond donors (Lipinski definition) is 2. The number of carbonyl (C=O) groups is 2. The molecular formula is C36H41N5O2. The molecule has 2 aliphatic rings. The van der Waals surface area contributed by atoms with E-state index in [0.717, 1.165) is 52.2 Å². The molecule has 6 rings (SSSR count). The van der Waals surface area contributed by atoms with Crippen LogP contribution in [0.25, 0.3) is 16.8 Å². The summed E-state index contributed by atoms with van der Waals surface area (Å²) in [5.41, 5.74) is 9.72. The van der Waals surface area contributed by atoms with Crippen LogP contribution in [0.2, 0.25) is 0 Å². The van der Waals surface area contributed by atoms with Gasteiger partial charge in [-0.25, -0.2) is 9.48 Å². The monoisotopic (exact) mass is 575 g/mol. The molecule has 4 aromatic rings. The van der Waals surface area contributed by atoms with Crippen molar-refractivity contribution in [3.8, 4) is 16.8 Å². The van der Waals surface area contributed by atoms with Gasteiger partial charge in [-0.1, -0.05) is 54.6 Å². The first kappa shape index (κ1) is 28.7. The summed E-state index contributed by atoms with van der Waals surface area (Å²) < 4.78 is 1.98. The van der Waals surface area contributed by atoms with Crippen LogP contribution >= 0.6 is 0 Å². The van der Waals surface area contributed by atoms with Gasteiger partial charge in [0, 0.05) is 36.8 Å². The van der Waals surface area contributed by atoms with E-state index in [1.165, 1.54) is 11.1 Å². The Morgan fingerprint density at radius 1 is 0.953 bits per heavy atom. The quantitative estimate of drug-likeness (QED) is 0.278. The first-order chi connectivity index (χ1) is 20.6. The molecule has 2 heterocycles. The third kappa shape index (κ3) is 6.21. The first-order valence-electron chi connectivity index (χ1n) is 15.2. The lowest BCUT2D eigenvalue weighted by Crippen LogP contribution is -2.50. The molecule has 43 heavy (non-hydrogen) atoms. The van der Waals surface area contributed by atoms with Crippen molar-refractivity contribution >= 4 is 11.9 Å². The van der Waals surface area contributed by atoms with Gasteiger partial charge in [-0.2, -0.15) is 5.10 Å². The maximum Gasteiger partial charge on any atom is 0.318 e. The molecule has 1 aliphatic carbocycles. The zero-order valence-corrected chi connectivity index (χ0v) is 25.8. The van der Waals surface area contributed by atoms with E-state index in [1.54, 1.807) is 0 Å². The van der Waals surface area contributed by atoms with Crippen molar-refractivity contribution in [3.05, 3.63) is 106 Å². The Bertz CT molecular complexity index is 1670. The van der Waals surface area contributed by atoms with E-state index < -0.39 is 0 Å². The number of benzene rings is 3. The summed E-state index contributed by atoms with van der Waals surface area (Å²) in [6.45, 7) is 11.7. The van der Waals surface area contributed by atoms with Gasteiger partial charge in [-0.3, -0.25) is 4.79 Å². The molecule has 1 saturated carbocycles. The number of nitrogens with one attached hydrogen (secondary N) is 2. The normalized spacial score (nSPS) is 17.7. The fourth-order valence-corrected chi connectivity index (χ4v) is 6.31. The Hall–Kier alpha value is -4.39. The third-order valence-corrected chi connectivity index (χ3v) is 8.50. The number of urea groups is 1. The second-order valence-electron chi connectivity index (χ2n) is 13.0. The van der Waals surface area contributed by atoms with Crippen LogP contribution in [0.3, 0.4) is 0 Å². The van der Waals surface area contributed by atoms with Gasteiger partial charge in [0.1, 0.15) is 0 Å². The predicted octanol–water partition coefficient (Wildman–Crippen LogP) is 6.44. The fraction of sp³-hybridized carbons (Fsp3) is 0.361. The molecule has 1 aliphatic heterocycles. The lowest BCUT2D eigenvalue weighted by Gasteiger charge is -2.34. The average Bonchev–Trinajstić information content (AvgIpc) is 3.72. The van der Waals surface area contributed by atoms with Crippen molar-refractivity contribution in [2.45, 2.75) is 72.0 Å². The van der Waals surface area contributed by atoms with Gasteiger partial charge in [0.15, 0.2) is 0 Å². The number of nitrogens with zero attached hydrogens (tertiary/aromatic N) is 3. The maximum atomic E-state index is 13.2. The van der Waals surface area contributed by atoms with Gasteiger partial charge in [0.2, 0.25) is 5.91 Å². The van der Waals surface area contributed by atoms with Crippen molar-refractivity contribution < 1.29 is 9.59 Å². The highest BCUT2D eigenvalue weighted by molar-refractivity contribution is 5.83. The third-order valence-electron chi connectivity index (χ3n) is 8.50. The van der Waals surface area contributed by atoms with Gasteiger partial charge in [-0.15, -0.1) is 0 Å². The van der Waals surface area contributed by atoms with Crippen molar-refractivity contribution in [1.82, 2.24) is 25.3 Å². The van der Waals surface area contributed by atoms with Gasteiger partial charge in [-0.05, 0) is 105 Å². The van der Waals surface area contributed by atoms with Crippen LogP contribution < -0.4 is 10.6 Å². The highest BCUT2D eigenvalue weighted by atomic mass is 16.2. The lowest BCUT2D eigenvalue weighted by atomic mass is 9.87. The average molecular weight is 576 g/mol.